The van der Waals surface area contributed by atoms with E-state index in [2.05, 4.69) is 23.1 Å². The van der Waals surface area contributed by atoms with Crippen molar-refractivity contribution < 1.29 is 34.2 Å². The van der Waals surface area contributed by atoms with Crippen molar-refractivity contribution in [3.8, 4) is 12.8 Å². The number of rotatable bonds is 7. The van der Waals surface area contributed by atoms with Gasteiger partial charge in [0.25, 0.3) is 17.6 Å². The van der Waals surface area contributed by atoms with Gasteiger partial charge >= 0.3 is 5.97 Å². The van der Waals surface area contributed by atoms with Crippen LogP contribution in [-0.2, 0) is 14.4 Å². The van der Waals surface area contributed by atoms with Gasteiger partial charge in [-0.05, 0) is 18.2 Å². The number of hydrogen-bond acceptors (Lipinski definition) is 7. The van der Waals surface area contributed by atoms with Crippen LogP contribution in [0, 0.1) is 12.8 Å². The van der Waals surface area contributed by atoms with E-state index in [1.807, 2.05) is 6.07 Å². The van der Waals surface area contributed by atoms with Crippen molar-refractivity contribution in [2.24, 2.45) is 5.73 Å². The number of benzene rings is 2. The van der Waals surface area contributed by atoms with Gasteiger partial charge in [-0.2, -0.15) is 0 Å². The highest BCUT2D eigenvalue weighted by Gasteiger charge is 2.31. The van der Waals surface area contributed by atoms with Gasteiger partial charge < -0.3 is 36.0 Å². The molecule has 3 amide bonds. The summed E-state index contributed by atoms with van der Waals surface area (Å²) in [6.07, 6.45) is 7.25. The van der Waals surface area contributed by atoms with Crippen LogP contribution in [0.15, 0.2) is 54.7 Å². The second-order valence-electron chi connectivity index (χ2n) is 8.51. The Morgan fingerprint density at radius 3 is 2.15 bits per heavy atom. The predicted molar refractivity (Wildman–Crippen MR) is 142 cm³/mol. The molecule has 2 heterocycles. The van der Waals surface area contributed by atoms with Gasteiger partial charge in [-0.3, -0.25) is 19.2 Å². The Labute approximate surface area is 223 Å². The normalized spacial score (nSPS) is 14.5. The van der Waals surface area contributed by atoms with Crippen LogP contribution in [0.4, 0.5) is 5.69 Å². The molecule has 3 aromatic rings. The van der Waals surface area contributed by atoms with Crippen LogP contribution >= 0.6 is 0 Å². The highest BCUT2D eigenvalue weighted by atomic mass is 16.4. The van der Waals surface area contributed by atoms with Gasteiger partial charge in [0.15, 0.2) is 6.10 Å². The number of Topliss-reactive ketones (excluding diaryl/α,β-unsaturated/α-hetero) is 1. The number of aliphatic hydroxyl groups excluding tert-OH is 1. The Morgan fingerprint density at radius 1 is 0.923 bits per heavy atom. The Hall–Kier alpha value is -4.99. The number of H-pyrrole nitrogens is 1. The van der Waals surface area contributed by atoms with Gasteiger partial charge in [0.05, 0.1) is 16.8 Å². The summed E-state index contributed by atoms with van der Waals surface area (Å²) in [5.41, 5.74) is 6.67. The molecule has 1 fully saturated rings. The van der Waals surface area contributed by atoms with Gasteiger partial charge in [0.1, 0.15) is 6.04 Å². The Bertz CT molecular complexity index is 1410. The molecule has 4 rings (SSSR count). The number of amides is 3. The van der Waals surface area contributed by atoms with Gasteiger partial charge in [0, 0.05) is 43.3 Å². The standard InChI is InChI=1S/C25H25N5O7.C2H2/c26-18(21(32)25(36)37)22(33)28-17-8-4-7-15-16(13-27-19(15)17)20(31)24(35)30-11-9-29(10-12-30)23(34)14-5-2-1-3-6-14;1-2/h1-8,13,18,21,27,32H,9-12,26H2,(H,28,33)(H,36,37);1-2H. The molecule has 2 atom stereocenters. The van der Waals surface area contributed by atoms with Crippen molar-refractivity contribution in [2.75, 3.05) is 31.5 Å². The molecule has 0 saturated carbocycles. The molecule has 1 aliphatic rings. The lowest BCUT2D eigenvalue weighted by atomic mass is 10.1. The number of anilines is 1. The first-order valence-corrected chi connectivity index (χ1v) is 11.8. The summed E-state index contributed by atoms with van der Waals surface area (Å²) in [7, 11) is 0. The zero-order chi connectivity index (χ0) is 28.7. The van der Waals surface area contributed by atoms with Crippen LogP contribution in [0.1, 0.15) is 20.7 Å². The summed E-state index contributed by atoms with van der Waals surface area (Å²) < 4.78 is 0. The number of terminal acetylenes is 1. The number of aliphatic hydroxyl groups is 1. The number of aliphatic carboxylic acids is 1. The lowest BCUT2D eigenvalue weighted by molar-refractivity contribution is -0.149. The molecule has 2 unspecified atom stereocenters. The Balaban J connectivity index is 0.00000205. The molecule has 0 aliphatic carbocycles. The summed E-state index contributed by atoms with van der Waals surface area (Å²) in [5.74, 6) is -4.19. The third kappa shape index (κ3) is 6.12. The van der Waals surface area contributed by atoms with E-state index in [-0.39, 0.29) is 30.2 Å². The molecule has 0 radical (unpaired) electrons. The van der Waals surface area contributed by atoms with Gasteiger partial charge in [0.2, 0.25) is 5.91 Å². The number of carbonyl (C=O) groups is 5. The molecule has 202 valence electrons. The fraction of sp³-hybridized carbons (Fsp3) is 0.222. The van der Waals surface area contributed by atoms with E-state index in [1.54, 1.807) is 41.3 Å². The van der Waals surface area contributed by atoms with Crippen molar-refractivity contribution in [3.63, 3.8) is 0 Å². The van der Waals surface area contributed by atoms with E-state index >= 15 is 0 Å². The van der Waals surface area contributed by atoms with Crippen molar-refractivity contribution in [3.05, 3.63) is 65.9 Å². The summed E-state index contributed by atoms with van der Waals surface area (Å²) >= 11 is 0. The zero-order valence-corrected chi connectivity index (χ0v) is 20.7. The number of carboxylic acids is 1. The maximum absolute atomic E-state index is 13.1. The first-order valence-electron chi connectivity index (χ1n) is 11.8. The quantitative estimate of drug-likeness (QED) is 0.163. The number of carboxylic acid groups (broad SMARTS) is 1. The van der Waals surface area contributed by atoms with E-state index < -0.39 is 35.7 Å². The van der Waals surface area contributed by atoms with Crippen LogP contribution in [-0.4, -0.2) is 92.8 Å². The number of aromatic amines is 1. The second-order valence-corrected chi connectivity index (χ2v) is 8.51. The zero-order valence-electron chi connectivity index (χ0n) is 20.7. The molecular weight excluding hydrogens is 506 g/mol. The summed E-state index contributed by atoms with van der Waals surface area (Å²) in [6.45, 7) is 0.992. The molecule has 12 heteroatoms. The number of aromatic nitrogens is 1. The third-order valence-corrected chi connectivity index (χ3v) is 6.18. The predicted octanol–water partition coefficient (Wildman–Crippen LogP) is 0.296. The van der Waals surface area contributed by atoms with Crippen molar-refractivity contribution >= 4 is 46.1 Å². The third-order valence-electron chi connectivity index (χ3n) is 6.18. The summed E-state index contributed by atoms with van der Waals surface area (Å²) in [6, 6.07) is 11.7. The molecular formula is C27H27N5O7. The molecule has 1 aliphatic heterocycles. The number of carbonyl (C=O) groups excluding carboxylic acids is 4. The van der Waals surface area contributed by atoms with Crippen molar-refractivity contribution in [1.82, 2.24) is 14.8 Å². The monoisotopic (exact) mass is 533 g/mol. The number of fused-ring (bicyclic) bond motifs is 1. The number of piperazine rings is 1. The first-order chi connectivity index (χ1) is 18.7. The van der Waals surface area contributed by atoms with E-state index in [0.29, 0.717) is 29.6 Å². The second kappa shape index (κ2) is 12.5. The molecule has 2 aromatic carbocycles. The van der Waals surface area contributed by atoms with E-state index in [0.717, 1.165) is 0 Å². The van der Waals surface area contributed by atoms with Crippen LogP contribution in [0.3, 0.4) is 0 Å². The van der Waals surface area contributed by atoms with E-state index in [1.165, 1.54) is 17.2 Å². The number of nitrogens with zero attached hydrogens (tertiary/aromatic N) is 2. The van der Waals surface area contributed by atoms with Crippen molar-refractivity contribution in [2.45, 2.75) is 12.1 Å². The molecule has 39 heavy (non-hydrogen) atoms. The number of para-hydroxylation sites is 1. The largest absolute Gasteiger partial charge is 0.479 e. The maximum Gasteiger partial charge on any atom is 0.334 e. The van der Waals surface area contributed by atoms with Gasteiger partial charge in [-0.25, -0.2) is 4.79 Å². The molecule has 0 spiro atoms. The minimum Gasteiger partial charge on any atom is -0.479 e. The van der Waals surface area contributed by atoms with Crippen LogP contribution < -0.4 is 11.1 Å². The Kier molecular flexibility index (Phi) is 9.16. The lowest BCUT2D eigenvalue weighted by Crippen LogP contribution is -2.52. The summed E-state index contributed by atoms with van der Waals surface area (Å²) in [4.78, 5) is 67.7. The first kappa shape index (κ1) is 28.6. The molecule has 1 aromatic heterocycles. The fourth-order valence-corrected chi connectivity index (χ4v) is 4.09. The molecule has 0 bridgehead atoms. The number of ketones is 1. The number of nitrogens with two attached hydrogens (primary N) is 1. The van der Waals surface area contributed by atoms with Gasteiger partial charge in [-0.1, -0.05) is 30.3 Å². The van der Waals surface area contributed by atoms with Crippen LogP contribution in [0.25, 0.3) is 10.9 Å². The topological polar surface area (TPSA) is 186 Å². The van der Waals surface area contributed by atoms with E-state index in [4.69, 9.17) is 10.8 Å². The Morgan fingerprint density at radius 2 is 1.54 bits per heavy atom. The smallest absolute Gasteiger partial charge is 0.334 e. The number of nitrogens with one attached hydrogen (secondary N) is 2. The highest BCUT2D eigenvalue weighted by Crippen LogP contribution is 2.26. The SMILES string of the molecule is C#C.NC(C(=O)Nc1cccc2c(C(=O)C(=O)N3CCN(C(=O)c4ccccc4)CC3)c[nH]c12)C(O)C(=O)O. The molecule has 1 saturated heterocycles. The van der Waals surface area contributed by atoms with Gasteiger partial charge in [-0.15, -0.1) is 12.8 Å². The average Bonchev–Trinajstić information content (AvgIpc) is 3.42. The molecule has 12 nitrogen and oxygen atoms in total. The van der Waals surface area contributed by atoms with E-state index in [9.17, 15) is 29.1 Å². The maximum atomic E-state index is 13.1. The minimum absolute atomic E-state index is 0.0914. The minimum atomic E-state index is -2.10. The average molecular weight is 534 g/mol. The van der Waals surface area contributed by atoms with Crippen LogP contribution in [0.5, 0.6) is 0 Å². The fourth-order valence-electron chi connectivity index (χ4n) is 4.09. The van der Waals surface area contributed by atoms with Crippen molar-refractivity contribution in [1.29, 1.82) is 0 Å². The highest BCUT2D eigenvalue weighted by molar-refractivity contribution is 6.45. The summed E-state index contributed by atoms with van der Waals surface area (Å²) in [5, 5.41) is 21.2. The molecule has 6 N–H and O–H groups in total. The lowest BCUT2D eigenvalue weighted by Gasteiger charge is -2.34. The van der Waals surface area contributed by atoms with Crippen LogP contribution in [0.2, 0.25) is 0 Å². The number of hydrogen-bond donors (Lipinski definition) is 5.